The summed E-state index contributed by atoms with van der Waals surface area (Å²) in [4.78, 5) is 11.0. The van der Waals surface area contributed by atoms with Crippen LogP contribution in [0.4, 0.5) is 0 Å². The van der Waals surface area contributed by atoms with Gasteiger partial charge in [0.05, 0.1) is 0 Å². The molecule has 0 saturated carbocycles. The number of thiocarbonyl (C=S) groups is 1. The van der Waals surface area contributed by atoms with Crippen LogP contribution in [0.1, 0.15) is 24.5 Å². The normalized spacial score (nSPS) is 9.00. The molecule has 0 radical (unpaired) electrons. The number of hydrogen-bond donors (Lipinski definition) is 2. The van der Waals surface area contributed by atoms with Gasteiger partial charge < -0.3 is 11.1 Å². The van der Waals surface area contributed by atoms with Crippen LogP contribution in [0.15, 0.2) is 24.3 Å². The van der Waals surface area contributed by atoms with Crippen LogP contribution < -0.4 is 11.1 Å². The lowest BCUT2D eigenvalue weighted by Gasteiger charge is -2.00. The Morgan fingerprint density at radius 2 is 2.18 bits per heavy atom. The molecule has 1 amide bonds. The minimum absolute atomic E-state index is 0.0460. The van der Waals surface area contributed by atoms with Gasteiger partial charge in [0.15, 0.2) is 0 Å². The maximum atomic E-state index is 10.6. The van der Waals surface area contributed by atoms with Gasteiger partial charge in [-0.05, 0) is 6.07 Å². The van der Waals surface area contributed by atoms with Crippen molar-refractivity contribution in [1.29, 1.82) is 0 Å². The maximum absolute atomic E-state index is 10.6. The monoisotopic (exact) mass is 246 g/mol. The summed E-state index contributed by atoms with van der Waals surface area (Å²) in [6, 6.07) is 7.48. The summed E-state index contributed by atoms with van der Waals surface area (Å²) < 4.78 is 0. The van der Waals surface area contributed by atoms with Gasteiger partial charge >= 0.3 is 0 Å². The first-order chi connectivity index (χ1) is 8.11. The predicted octanol–water partition coefficient (Wildman–Crippen LogP) is 1.20. The molecule has 1 aromatic carbocycles. The number of hydrogen-bond acceptors (Lipinski definition) is 2. The van der Waals surface area contributed by atoms with Crippen molar-refractivity contribution < 1.29 is 4.79 Å². The SMILES string of the molecule is CC(=O)NCCC#Cc1ccccc1C(N)=S. The predicted molar refractivity (Wildman–Crippen MR) is 72.5 cm³/mol. The molecule has 3 nitrogen and oxygen atoms in total. The number of nitrogens with two attached hydrogens (primary N) is 1. The lowest BCUT2D eigenvalue weighted by Crippen LogP contribution is -2.20. The van der Waals surface area contributed by atoms with Crippen molar-refractivity contribution in [3.8, 4) is 11.8 Å². The van der Waals surface area contributed by atoms with Crippen molar-refractivity contribution in [3.05, 3.63) is 35.4 Å². The molecule has 1 aromatic rings. The highest BCUT2D eigenvalue weighted by molar-refractivity contribution is 7.80. The zero-order valence-corrected chi connectivity index (χ0v) is 10.4. The van der Waals surface area contributed by atoms with Crippen molar-refractivity contribution in [2.24, 2.45) is 5.73 Å². The molecule has 0 atom stereocenters. The van der Waals surface area contributed by atoms with Gasteiger partial charge in [-0.25, -0.2) is 0 Å². The Kier molecular flexibility index (Phi) is 5.18. The number of carbonyl (C=O) groups is 1. The van der Waals surface area contributed by atoms with E-state index in [0.29, 0.717) is 18.0 Å². The smallest absolute Gasteiger partial charge is 0.216 e. The highest BCUT2D eigenvalue weighted by Crippen LogP contribution is 2.06. The molecule has 3 N–H and O–H groups in total. The molecule has 0 aliphatic rings. The van der Waals surface area contributed by atoms with E-state index in [0.717, 1.165) is 11.1 Å². The molecular formula is C13H14N2OS. The molecule has 0 aliphatic heterocycles. The number of amides is 1. The van der Waals surface area contributed by atoms with E-state index in [1.165, 1.54) is 6.92 Å². The Morgan fingerprint density at radius 1 is 1.47 bits per heavy atom. The Balaban J connectivity index is 2.65. The first-order valence-corrected chi connectivity index (χ1v) is 5.64. The average Bonchev–Trinajstić information content (AvgIpc) is 2.28. The van der Waals surface area contributed by atoms with Crippen LogP contribution in [0, 0.1) is 11.8 Å². The fourth-order valence-electron chi connectivity index (χ4n) is 1.27. The van der Waals surface area contributed by atoms with Crippen molar-refractivity contribution in [3.63, 3.8) is 0 Å². The maximum Gasteiger partial charge on any atom is 0.216 e. The summed E-state index contributed by atoms with van der Waals surface area (Å²) in [5.41, 5.74) is 7.20. The summed E-state index contributed by atoms with van der Waals surface area (Å²) >= 11 is 4.94. The summed E-state index contributed by atoms with van der Waals surface area (Å²) in [6.07, 6.45) is 0.602. The van der Waals surface area contributed by atoms with Crippen LogP contribution in [0.5, 0.6) is 0 Å². The van der Waals surface area contributed by atoms with Gasteiger partial charge in [-0.15, -0.1) is 0 Å². The van der Waals surface area contributed by atoms with E-state index >= 15 is 0 Å². The van der Waals surface area contributed by atoms with Gasteiger partial charge in [0.2, 0.25) is 5.91 Å². The Morgan fingerprint density at radius 3 is 2.82 bits per heavy atom. The lowest BCUT2D eigenvalue weighted by molar-refractivity contribution is -0.118. The molecule has 0 bridgehead atoms. The van der Waals surface area contributed by atoms with Gasteiger partial charge in [0.25, 0.3) is 0 Å². The molecule has 0 unspecified atom stereocenters. The fourth-order valence-corrected chi connectivity index (χ4v) is 1.44. The van der Waals surface area contributed by atoms with Crippen LogP contribution in [0.25, 0.3) is 0 Å². The summed E-state index contributed by atoms with van der Waals surface area (Å²) in [7, 11) is 0. The van der Waals surface area contributed by atoms with Crippen LogP contribution in [-0.4, -0.2) is 17.4 Å². The van der Waals surface area contributed by atoms with Crippen molar-refractivity contribution >= 4 is 23.1 Å². The number of benzene rings is 1. The fraction of sp³-hybridized carbons (Fsp3) is 0.231. The molecule has 88 valence electrons. The molecule has 0 heterocycles. The van der Waals surface area contributed by atoms with Crippen molar-refractivity contribution in [1.82, 2.24) is 5.32 Å². The number of nitrogens with one attached hydrogen (secondary N) is 1. The third-order valence-electron chi connectivity index (χ3n) is 2.04. The lowest BCUT2D eigenvalue weighted by atomic mass is 10.1. The minimum atomic E-state index is -0.0460. The molecule has 0 aliphatic carbocycles. The molecule has 0 aromatic heterocycles. The Hall–Kier alpha value is -1.86. The summed E-state index contributed by atoms with van der Waals surface area (Å²) in [5, 5.41) is 2.68. The van der Waals surface area contributed by atoms with E-state index in [1.54, 1.807) is 0 Å². The van der Waals surface area contributed by atoms with Crippen LogP contribution in [0.2, 0.25) is 0 Å². The molecule has 0 saturated heterocycles. The van der Waals surface area contributed by atoms with Gasteiger partial charge in [-0.3, -0.25) is 4.79 Å². The van der Waals surface area contributed by atoms with E-state index in [9.17, 15) is 4.79 Å². The quantitative estimate of drug-likeness (QED) is 0.478. The first kappa shape index (κ1) is 13.2. The van der Waals surface area contributed by atoms with E-state index < -0.39 is 0 Å². The van der Waals surface area contributed by atoms with Crippen molar-refractivity contribution in [2.45, 2.75) is 13.3 Å². The molecular weight excluding hydrogens is 232 g/mol. The van der Waals surface area contributed by atoms with E-state index in [1.807, 2.05) is 24.3 Å². The zero-order chi connectivity index (χ0) is 12.7. The second kappa shape index (κ2) is 6.66. The second-order valence-corrected chi connectivity index (χ2v) is 3.88. The second-order valence-electron chi connectivity index (χ2n) is 3.44. The third-order valence-corrected chi connectivity index (χ3v) is 2.26. The zero-order valence-electron chi connectivity index (χ0n) is 9.62. The molecule has 17 heavy (non-hydrogen) atoms. The number of rotatable bonds is 3. The van der Waals surface area contributed by atoms with Crippen LogP contribution in [0.3, 0.4) is 0 Å². The van der Waals surface area contributed by atoms with Crippen LogP contribution in [-0.2, 0) is 4.79 Å². The summed E-state index contributed by atoms with van der Waals surface area (Å²) in [6.45, 7) is 2.03. The minimum Gasteiger partial charge on any atom is -0.389 e. The Bertz CT molecular complexity index is 486. The van der Waals surface area contributed by atoms with Crippen molar-refractivity contribution in [2.75, 3.05) is 6.54 Å². The summed E-state index contributed by atoms with van der Waals surface area (Å²) in [5.74, 6) is 5.93. The van der Waals surface area contributed by atoms with Gasteiger partial charge in [0.1, 0.15) is 4.99 Å². The highest BCUT2D eigenvalue weighted by atomic mass is 32.1. The third kappa shape index (κ3) is 4.66. The average molecular weight is 246 g/mol. The van der Waals surface area contributed by atoms with E-state index in [2.05, 4.69) is 17.2 Å². The van der Waals surface area contributed by atoms with Crippen LogP contribution >= 0.6 is 12.2 Å². The standard InChI is InChI=1S/C13H14N2OS/c1-10(16)15-9-5-4-7-11-6-2-3-8-12(11)13(14)17/h2-3,6,8H,5,9H2,1H3,(H2,14,17)(H,15,16). The number of carbonyl (C=O) groups excluding carboxylic acids is 1. The largest absolute Gasteiger partial charge is 0.389 e. The Labute approximate surface area is 106 Å². The molecule has 0 fully saturated rings. The van der Waals surface area contributed by atoms with E-state index in [4.69, 9.17) is 18.0 Å². The molecule has 4 heteroatoms. The topological polar surface area (TPSA) is 55.1 Å². The van der Waals surface area contributed by atoms with Gasteiger partial charge in [-0.1, -0.05) is 42.3 Å². The molecule has 1 rings (SSSR count). The van der Waals surface area contributed by atoms with E-state index in [-0.39, 0.29) is 5.91 Å². The van der Waals surface area contributed by atoms with Gasteiger partial charge in [-0.2, -0.15) is 0 Å². The first-order valence-electron chi connectivity index (χ1n) is 5.23. The van der Waals surface area contributed by atoms with Gasteiger partial charge in [0, 0.05) is 31.0 Å². The highest BCUT2D eigenvalue weighted by Gasteiger charge is 2.00. The molecule has 0 spiro atoms.